The fraction of sp³-hybridized carbons (Fsp3) is 0.261. The maximum absolute atomic E-state index is 13.2. The standard InChI is InChI=1S/C23H21N3O2S/c27-22-19-8-2-4-10-21(19)25-23(26(22)14-18-7-5-13-28-18)29-15-17-12-11-16-6-1-3-9-20(16)24-17/h1-4,6,8-12,18H,5,7,13-15H2. The molecule has 0 aliphatic carbocycles. The number of benzene rings is 2. The molecule has 29 heavy (non-hydrogen) atoms. The molecule has 1 atom stereocenters. The van der Waals surface area contributed by atoms with E-state index in [1.165, 1.54) is 0 Å². The average molecular weight is 404 g/mol. The molecule has 3 heterocycles. The molecule has 1 unspecified atom stereocenters. The second kappa shape index (κ2) is 7.97. The van der Waals surface area contributed by atoms with E-state index in [0.29, 0.717) is 17.7 Å². The zero-order valence-corrected chi connectivity index (χ0v) is 16.8. The normalized spacial score (nSPS) is 16.6. The lowest BCUT2D eigenvalue weighted by atomic mass is 10.2. The van der Waals surface area contributed by atoms with Gasteiger partial charge in [-0.05, 0) is 37.1 Å². The Morgan fingerprint density at radius 3 is 2.69 bits per heavy atom. The Hall–Kier alpha value is -2.70. The topological polar surface area (TPSA) is 57.0 Å². The number of hydrogen-bond donors (Lipinski definition) is 0. The van der Waals surface area contributed by atoms with Crippen LogP contribution < -0.4 is 5.56 Å². The van der Waals surface area contributed by atoms with Crippen LogP contribution in [0, 0.1) is 0 Å². The van der Waals surface area contributed by atoms with Crippen LogP contribution >= 0.6 is 11.8 Å². The first-order chi connectivity index (χ1) is 14.3. The molecular formula is C23H21N3O2S. The van der Waals surface area contributed by atoms with E-state index in [0.717, 1.165) is 46.7 Å². The number of para-hydroxylation sites is 2. The van der Waals surface area contributed by atoms with E-state index < -0.39 is 0 Å². The summed E-state index contributed by atoms with van der Waals surface area (Å²) in [6.45, 7) is 1.31. The van der Waals surface area contributed by atoms with Gasteiger partial charge in [-0.25, -0.2) is 4.98 Å². The Morgan fingerprint density at radius 2 is 1.83 bits per heavy atom. The Balaban J connectivity index is 1.49. The molecule has 1 aliphatic rings. The highest BCUT2D eigenvalue weighted by Gasteiger charge is 2.20. The van der Waals surface area contributed by atoms with Gasteiger partial charge in [-0.15, -0.1) is 0 Å². The number of fused-ring (bicyclic) bond motifs is 2. The third-order valence-corrected chi connectivity index (χ3v) is 6.25. The molecule has 2 aromatic heterocycles. The van der Waals surface area contributed by atoms with Crippen LogP contribution in [0.4, 0.5) is 0 Å². The molecule has 146 valence electrons. The van der Waals surface area contributed by atoms with Crippen molar-refractivity contribution >= 4 is 33.6 Å². The number of thioether (sulfide) groups is 1. The minimum absolute atomic E-state index is 0.0000654. The molecule has 1 fully saturated rings. The first kappa shape index (κ1) is 18.3. The van der Waals surface area contributed by atoms with E-state index in [1.807, 2.05) is 48.5 Å². The number of pyridine rings is 1. The van der Waals surface area contributed by atoms with Gasteiger partial charge >= 0.3 is 0 Å². The monoisotopic (exact) mass is 403 g/mol. The van der Waals surface area contributed by atoms with Crippen molar-refractivity contribution in [2.24, 2.45) is 0 Å². The minimum Gasteiger partial charge on any atom is -0.376 e. The summed E-state index contributed by atoms with van der Waals surface area (Å²) in [5.74, 6) is 0.654. The number of ether oxygens (including phenoxy) is 1. The van der Waals surface area contributed by atoms with Crippen molar-refractivity contribution in [1.82, 2.24) is 14.5 Å². The van der Waals surface area contributed by atoms with E-state index in [1.54, 1.807) is 16.3 Å². The van der Waals surface area contributed by atoms with Gasteiger partial charge in [0.05, 0.1) is 34.8 Å². The Kier molecular flexibility index (Phi) is 5.04. The zero-order valence-electron chi connectivity index (χ0n) is 16.0. The molecule has 0 spiro atoms. The van der Waals surface area contributed by atoms with Crippen molar-refractivity contribution < 1.29 is 4.74 Å². The Labute approximate surface area is 172 Å². The molecule has 1 saturated heterocycles. The fourth-order valence-electron chi connectivity index (χ4n) is 3.74. The number of hydrogen-bond acceptors (Lipinski definition) is 5. The third-order valence-electron chi connectivity index (χ3n) is 5.24. The van der Waals surface area contributed by atoms with Crippen molar-refractivity contribution in [3.63, 3.8) is 0 Å². The van der Waals surface area contributed by atoms with E-state index >= 15 is 0 Å². The molecule has 0 N–H and O–H groups in total. The predicted molar refractivity (Wildman–Crippen MR) is 116 cm³/mol. The first-order valence-corrected chi connectivity index (χ1v) is 10.9. The summed E-state index contributed by atoms with van der Waals surface area (Å²) >= 11 is 1.55. The van der Waals surface area contributed by atoms with Crippen molar-refractivity contribution in [3.8, 4) is 0 Å². The SMILES string of the molecule is O=c1c2ccccc2nc(SCc2ccc3ccccc3n2)n1CC1CCCO1. The van der Waals surface area contributed by atoms with Crippen LogP contribution in [0.25, 0.3) is 21.8 Å². The highest BCUT2D eigenvalue weighted by atomic mass is 32.2. The van der Waals surface area contributed by atoms with E-state index in [-0.39, 0.29) is 11.7 Å². The Morgan fingerprint density at radius 1 is 1.00 bits per heavy atom. The minimum atomic E-state index is 0.0000654. The van der Waals surface area contributed by atoms with Gasteiger partial charge in [0.2, 0.25) is 0 Å². The lowest BCUT2D eigenvalue weighted by Crippen LogP contribution is -2.28. The zero-order chi connectivity index (χ0) is 19.6. The molecule has 5 nitrogen and oxygen atoms in total. The number of aromatic nitrogens is 3. The second-order valence-electron chi connectivity index (χ2n) is 7.25. The van der Waals surface area contributed by atoms with Gasteiger partial charge in [-0.2, -0.15) is 0 Å². The van der Waals surface area contributed by atoms with Crippen LogP contribution in [0.5, 0.6) is 0 Å². The first-order valence-electron chi connectivity index (χ1n) is 9.86. The summed E-state index contributed by atoms with van der Waals surface area (Å²) in [7, 11) is 0. The maximum atomic E-state index is 13.2. The maximum Gasteiger partial charge on any atom is 0.262 e. The van der Waals surface area contributed by atoms with Crippen LogP contribution in [0.1, 0.15) is 18.5 Å². The van der Waals surface area contributed by atoms with E-state index in [4.69, 9.17) is 14.7 Å². The third kappa shape index (κ3) is 3.78. The van der Waals surface area contributed by atoms with Crippen molar-refractivity contribution in [1.29, 1.82) is 0 Å². The summed E-state index contributed by atoms with van der Waals surface area (Å²) in [5.41, 5.74) is 2.68. The molecule has 6 heteroatoms. The van der Waals surface area contributed by atoms with Crippen LogP contribution in [-0.4, -0.2) is 27.2 Å². The van der Waals surface area contributed by atoms with Gasteiger partial charge in [-0.3, -0.25) is 14.3 Å². The molecule has 0 radical (unpaired) electrons. The summed E-state index contributed by atoms with van der Waals surface area (Å²) in [5, 5.41) is 2.50. The lowest BCUT2D eigenvalue weighted by Gasteiger charge is -2.16. The molecular weight excluding hydrogens is 382 g/mol. The molecule has 1 aliphatic heterocycles. The molecule has 0 amide bonds. The lowest BCUT2D eigenvalue weighted by molar-refractivity contribution is 0.0937. The summed E-state index contributed by atoms with van der Waals surface area (Å²) in [4.78, 5) is 22.7. The Bertz CT molecular complexity index is 1230. The van der Waals surface area contributed by atoms with Gasteiger partial charge in [0.1, 0.15) is 0 Å². The molecule has 4 aromatic rings. The van der Waals surface area contributed by atoms with Crippen LogP contribution in [-0.2, 0) is 17.0 Å². The average Bonchev–Trinajstić information content (AvgIpc) is 3.28. The highest BCUT2D eigenvalue weighted by molar-refractivity contribution is 7.98. The van der Waals surface area contributed by atoms with Crippen LogP contribution in [0.3, 0.4) is 0 Å². The van der Waals surface area contributed by atoms with Gasteiger partial charge in [-0.1, -0.05) is 48.2 Å². The summed E-state index contributed by atoms with van der Waals surface area (Å²) < 4.78 is 7.56. The van der Waals surface area contributed by atoms with Crippen LogP contribution in [0.2, 0.25) is 0 Å². The highest BCUT2D eigenvalue weighted by Crippen LogP contribution is 2.24. The second-order valence-corrected chi connectivity index (χ2v) is 8.19. The number of nitrogens with zero attached hydrogens (tertiary/aromatic N) is 3. The van der Waals surface area contributed by atoms with Crippen molar-refractivity contribution in [2.75, 3.05) is 6.61 Å². The summed E-state index contributed by atoms with van der Waals surface area (Å²) in [6, 6.07) is 19.8. The van der Waals surface area contributed by atoms with Gasteiger partial charge in [0, 0.05) is 17.7 Å². The quantitative estimate of drug-likeness (QED) is 0.365. The fourth-order valence-corrected chi connectivity index (χ4v) is 4.65. The van der Waals surface area contributed by atoms with E-state index in [2.05, 4.69) is 12.1 Å². The largest absolute Gasteiger partial charge is 0.376 e. The molecule has 0 saturated carbocycles. The van der Waals surface area contributed by atoms with Gasteiger partial charge < -0.3 is 4.74 Å². The molecule has 2 aromatic carbocycles. The van der Waals surface area contributed by atoms with Gasteiger partial charge in [0.15, 0.2) is 5.16 Å². The molecule has 5 rings (SSSR count). The smallest absolute Gasteiger partial charge is 0.262 e. The van der Waals surface area contributed by atoms with Gasteiger partial charge in [0.25, 0.3) is 5.56 Å². The van der Waals surface area contributed by atoms with Crippen LogP contribution in [0.15, 0.2) is 70.6 Å². The molecule has 0 bridgehead atoms. The van der Waals surface area contributed by atoms with E-state index in [9.17, 15) is 4.79 Å². The van der Waals surface area contributed by atoms with Crippen molar-refractivity contribution in [2.45, 2.75) is 36.4 Å². The predicted octanol–water partition coefficient (Wildman–Crippen LogP) is 4.42. The summed E-state index contributed by atoms with van der Waals surface area (Å²) in [6.07, 6.45) is 2.10. The van der Waals surface area contributed by atoms with Crippen molar-refractivity contribution in [3.05, 3.63) is 76.7 Å². The number of rotatable bonds is 5.